The molecule has 0 saturated carbocycles. The second-order valence-corrected chi connectivity index (χ2v) is 8.90. The van der Waals surface area contributed by atoms with Crippen molar-refractivity contribution in [2.45, 2.75) is 38.6 Å². The summed E-state index contributed by atoms with van der Waals surface area (Å²) in [6.07, 6.45) is 6.15. The second kappa shape index (κ2) is 10.6. The van der Waals surface area contributed by atoms with Gasteiger partial charge in [-0.3, -0.25) is 14.6 Å². The number of para-hydroxylation sites is 1. The van der Waals surface area contributed by atoms with Crippen LogP contribution in [0.25, 0.3) is 11.3 Å². The minimum Gasteiger partial charge on any atom is -0.496 e. The molecule has 0 aliphatic carbocycles. The van der Waals surface area contributed by atoms with Gasteiger partial charge in [0, 0.05) is 41.9 Å². The van der Waals surface area contributed by atoms with Crippen molar-refractivity contribution in [1.29, 1.82) is 0 Å². The highest BCUT2D eigenvalue weighted by molar-refractivity contribution is 7.14. The monoisotopic (exact) mass is 464 g/mol. The maximum absolute atomic E-state index is 13.5. The number of ether oxygens (including phenoxy) is 1. The van der Waals surface area contributed by atoms with E-state index in [9.17, 15) is 9.59 Å². The van der Waals surface area contributed by atoms with Gasteiger partial charge in [-0.25, -0.2) is 4.98 Å². The predicted octanol–water partition coefficient (Wildman–Crippen LogP) is 4.93. The van der Waals surface area contributed by atoms with Crippen molar-refractivity contribution in [3.05, 3.63) is 59.7 Å². The Bertz CT molecular complexity index is 1100. The van der Waals surface area contributed by atoms with E-state index in [4.69, 9.17) is 4.74 Å². The summed E-state index contributed by atoms with van der Waals surface area (Å²) in [5.41, 5.74) is 2.53. The standard InChI is InChI=1S/C25H28N4O3S/c1-3-4-14-29-22(30)12-11-19(23(29)18-9-5-6-10-21(18)32-2)24(31)28-25-27-20(16-33-25)17-8-7-13-26-15-17/h5-10,13,15-16,19,23H,3-4,11-12,14H2,1-2H3,(H,27,28,31). The van der Waals surface area contributed by atoms with Crippen LogP contribution in [0.2, 0.25) is 0 Å². The molecule has 172 valence electrons. The number of thiazole rings is 1. The fraction of sp³-hybridized carbons (Fsp3) is 0.360. The Labute approximate surface area is 197 Å². The minimum absolute atomic E-state index is 0.0801. The van der Waals surface area contributed by atoms with Crippen LogP contribution in [-0.2, 0) is 9.59 Å². The SMILES string of the molecule is CCCCN1C(=O)CCC(C(=O)Nc2nc(-c3cccnc3)cs2)C1c1ccccc1OC. The normalized spacial score (nSPS) is 18.2. The van der Waals surface area contributed by atoms with Gasteiger partial charge in [-0.05, 0) is 31.0 Å². The van der Waals surface area contributed by atoms with E-state index in [0.29, 0.717) is 30.3 Å². The first-order valence-electron chi connectivity index (χ1n) is 11.2. The summed E-state index contributed by atoms with van der Waals surface area (Å²) in [5.74, 6) is 0.231. The Morgan fingerprint density at radius 1 is 1.27 bits per heavy atom. The summed E-state index contributed by atoms with van der Waals surface area (Å²) >= 11 is 1.38. The van der Waals surface area contributed by atoms with Crippen LogP contribution >= 0.6 is 11.3 Å². The smallest absolute Gasteiger partial charge is 0.231 e. The van der Waals surface area contributed by atoms with Crippen LogP contribution < -0.4 is 10.1 Å². The highest BCUT2D eigenvalue weighted by atomic mass is 32.1. The number of methoxy groups -OCH3 is 1. The molecule has 2 atom stereocenters. The molecule has 4 rings (SSSR count). The van der Waals surface area contributed by atoms with Gasteiger partial charge >= 0.3 is 0 Å². The number of carbonyl (C=O) groups is 2. The molecule has 2 amide bonds. The van der Waals surface area contributed by atoms with E-state index in [1.807, 2.05) is 46.7 Å². The number of anilines is 1. The van der Waals surface area contributed by atoms with Crippen molar-refractivity contribution < 1.29 is 14.3 Å². The number of nitrogens with one attached hydrogen (secondary N) is 1. The Morgan fingerprint density at radius 2 is 2.12 bits per heavy atom. The zero-order valence-electron chi connectivity index (χ0n) is 18.9. The van der Waals surface area contributed by atoms with Gasteiger partial charge in [0.1, 0.15) is 5.75 Å². The lowest BCUT2D eigenvalue weighted by Crippen LogP contribution is -2.47. The van der Waals surface area contributed by atoms with Gasteiger partial charge in [0.25, 0.3) is 0 Å². The molecule has 1 saturated heterocycles. The molecule has 1 aliphatic rings. The third-order valence-corrected chi connectivity index (χ3v) is 6.70. The molecule has 2 aromatic heterocycles. The van der Waals surface area contributed by atoms with Crippen LogP contribution in [-0.4, -0.2) is 40.3 Å². The van der Waals surface area contributed by atoms with Crippen molar-refractivity contribution in [2.24, 2.45) is 5.92 Å². The van der Waals surface area contributed by atoms with Crippen LogP contribution in [0.15, 0.2) is 54.2 Å². The number of likely N-dealkylation sites (tertiary alicyclic amines) is 1. The number of unbranched alkanes of at least 4 members (excludes halogenated alkanes) is 1. The van der Waals surface area contributed by atoms with E-state index >= 15 is 0 Å². The average molecular weight is 465 g/mol. The molecule has 0 spiro atoms. The molecule has 3 heterocycles. The van der Waals surface area contributed by atoms with Gasteiger partial charge in [-0.1, -0.05) is 31.5 Å². The molecule has 3 aromatic rings. The van der Waals surface area contributed by atoms with Crippen LogP contribution in [0.3, 0.4) is 0 Å². The topological polar surface area (TPSA) is 84.4 Å². The van der Waals surface area contributed by atoms with Crippen LogP contribution in [0.5, 0.6) is 5.75 Å². The van der Waals surface area contributed by atoms with Gasteiger partial charge in [0.2, 0.25) is 11.8 Å². The number of carbonyl (C=O) groups excluding carboxylic acids is 2. The van der Waals surface area contributed by atoms with E-state index in [0.717, 1.165) is 29.7 Å². The molecular weight excluding hydrogens is 436 g/mol. The van der Waals surface area contributed by atoms with Crippen molar-refractivity contribution in [1.82, 2.24) is 14.9 Å². The van der Waals surface area contributed by atoms with Crippen molar-refractivity contribution in [3.8, 4) is 17.0 Å². The Kier molecular flexibility index (Phi) is 7.34. The predicted molar refractivity (Wildman–Crippen MR) is 129 cm³/mol. The number of amides is 2. The fourth-order valence-electron chi connectivity index (χ4n) is 4.29. The van der Waals surface area contributed by atoms with Crippen LogP contribution in [0.1, 0.15) is 44.2 Å². The van der Waals surface area contributed by atoms with Crippen molar-refractivity contribution in [3.63, 3.8) is 0 Å². The third-order valence-electron chi connectivity index (χ3n) is 5.94. The maximum Gasteiger partial charge on any atom is 0.231 e. The molecule has 0 bridgehead atoms. The van der Waals surface area contributed by atoms with E-state index in [1.165, 1.54) is 11.3 Å². The molecule has 1 N–H and O–H groups in total. The molecule has 33 heavy (non-hydrogen) atoms. The number of aromatic nitrogens is 2. The number of pyridine rings is 1. The lowest BCUT2D eigenvalue weighted by Gasteiger charge is -2.41. The number of hydrogen-bond donors (Lipinski definition) is 1. The molecule has 1 fully saturated rings. The first-order valence-corrected chi connectivity index (χ1v) is 12.1. The lowest BCUT2D eigenvalue weighted by molar-refractivity contribution is -0.142. The van der Waals surface area contributed by atoms with Gasteiger partial charge in [0.15, 0.2) is 5.13 Å². The fourth-order valence-corrected chi connectivity index (χ4v) is 5.01. The largest absolute Gasteiger partial charge is 0.496 e. The zero-order valence-corrected chi connectivity index (χ0v) is 19.7. The van der Waals surface area contributed by atoms with Gasteiger partial charge in [0.05, 0.1) is 24.8 Å². The summed E-state index contributed by atoms with van der Waals surface area (Å²) in [6.45, 7) is 2.71. The van der Waals surface area contributed by atoms with E-state index in [1.54, 1.807) is 19.5 Å². The Morgan fingerprint density at radius 3 is 2.88 bits per heavy atom. The third kappa shape index (κ3) is 5.06. The summed E-state index contributed by atoms with van der Waals surface area (Å²) in [6, 6.07) is 11.1. The number of nitrogens with zero attached hydrogens (tertiary/aromatic N) is 3. The first kappa shape index (κ1) is 22.9. The summed E-state index contributed by atoms with van der Waals surface area (Å²) in [5, 5.41) is 5.44. The molecule has 2 unspecified atom stereocenters. The number of rotatable bonds is 8. The summed E-state index contributed by atoms with van der Waals surface area (Å²) < 4.78 is 5.60. The summed E-state index contributed by atoms with van der Waals surface area (Å²) in [7, 11) is 1.62. The molecule has 1 aromatic carbocycles. The molecule has 0 radical (unpaired) electrons. The zero-order chi connectivity index (χ0) is 23.2. The number of benzene rings is 1. The minimum atomic E-state index is -0.401. The summed E-state index contributed by atoms with van der Waals surface area (Å²) in [4.78, 5) is 37.0. The van der Waals surface area contributed by atoms with Gasteiger partial charge < -0.3 is 15.0 Å². The molecular formula is C25H28N4O3S. The molecule has 8 heteroatoms. The quantitative estimate of drug-likeness (QED) is 0.511. The van der Waals surface area contributed by atoms with E-state index in [2.05, 4.69) is 22.2 Å². The van der Waals surface area contributed by atoms with Crippen LogP contribution in [0.4, 0.5) is 5.13 Å². The highest BCUT2D eigenvalue weighted by Gasteiger charge is 2.41. The van der Waals surface area contributed by atoms with Crippen molar-refractivity contribution in [2.75, 3.05) is 19.0 Å². The Hall–Kier alpha value is -3.26. The van der Waals surface area contributed by atoms with E-state index < -0.39 is 5.92 Å². The average Bonchev–Trinajstić information content (AvgIpc) is 3.32. The lowest BCUT2D eigenvalue weighted by atomic mass is 9.83. The van der Waals surface area contributed by atoms with Gasteiger partial charge in [-0.2, -0.15) is 0 Å². The molecule has 1 aliphatic heterocycles. The number of piperidine rings is 1. The maximum atomic E-state index is 13.5. The first-order chi connectivity index (χ1) is 16.1. The highest BCUT2D eigenvalue weighted by Crippen LogP contribution is 2.41. The van der Waals surface area contributed by atoms with Crippen LogP contribution in [0, 0.1) is 5.92 Å². The van der Waals surface area contributed by atoms with Crippen molar-refractivity contribution >= 4 is 28.3 Å². The number of hydrogen-bond acceptors (Lipinski definition) is 6. The molecule has 7 nitrogen and oxygen atoms in total. The Balaban J connectivity index is 1.62. The second-order valence-electron chi connectivity index (χ2n) is 8.04. The van der Waals surface area contributed by atoms with Gasteiger partial charge in [-0.15, -0.1) is 11.3 Å². The van der Waals surface area contributed by atoms with E-state index in [-0.39, 0.29) is 17.9 Å².